The molecule has 0 aromatic rings. The van der Waals surface area contributed by atoms with Crippen LogP contribution in [0.2, 0.25) is 0 Å². The fourth-order valence-electron chi connectivity index (χ4n) is 2.65. The van der Waals surface area contributed by atoms with Gasteiger partial charge in [0.1, 0.15) is 13.2 Å². The van der Waals surface area contributed by atoms with Crippen molar-refractivity contribution in [3.8, 4) is 0 Å². The largest absolute Gasteiger partial charge is 0.481 e. The molecule has 34 heavy (non-hydrogen) atoms. The molecule has 1 heterocycles. The van der Waals surface area contributed by atoms with E-state index in [1.807, 2.05) is 21.1 Å². The van der Waals surface area contributed by atoms with Crippen molar-refractivity contribution in [2.24, 2.45) is 5.41 Å². The zero-order valence-corrected chi connectivity index (χ0v) is 22.2. The number of carboxylic acids is 1. The summed E-state index contributed by atoms with van der Waals surface area (Å²) in [5.41, 5.74) is -1.14. The highest BCUT2D eigenvalue weighted by Crippen LogP contribution is 2.61. The molecule has 2 amide bonds. The van der Waals surface area contributed by atoms with Crippen molar-refractivity contribution in [2.75, 3.05) is 59.7 Å². The third-order valence-corrected chi connectivity index (χ3v) is 8.45. The molecule has 1 rings (SSSR count). The van der Waals surface area contributed by atoms with Crippen LogP contribution < -0.4 is 10.6 Å². The van der Waals surface area contributed by atoms with Gasteiger partial charge in [0.2, 0.25) is 5.91 Å². The maximum atomic E-state index is 13.4. The number of hydrogen-bond acceptors (Lipinski definition) is 9. The number of hydrogen-bond donors (Lipinski definition) is 3. The number of nitrogens with one attached hydrogen (secondary N) is 2. The minimum absolute atomic E-state index is 0.00464. The molecule has 196 valence electrons. The number of likely N-dealkylation sites (N-methyl/N-ethyl adjacent to an activating group) is 1. The van der Waals surface area contributed by atoms with Crippen LogP contribution in [0.1, 0.15) is 33.1 Å². The number of quaternary nitrogens is 1. The fourth-order valence-corrected chi connectivity index (χ4v) is 5.87. The van der Waals surface area contributed by atoms with Crippen molar-refractivity contribution >= 4 is 41.9 Å². The van der Waals surface area contributed by atoms with Gasteiger partial charge in [-0.1, -0.05) is 13.8 Å². The van der Waals surface area contributed by atoms with E-state index >= 15 is 0 Å². The summed E-state index contributed by atoms with van der Waals surface area (Å²) in [4.78, 5) is 47.8. The zero-order valence-electron chi connectivity index (χ0n) is 20.5. The Labute approximate surface area is 204 Å². The fraction of sp³-hybridized carbons (Fsp3) is 0.800. The standard InChI is InChI=1S/C20H36N3O9PS/c1-20(2)14-31-33(29,30-12-11-23(3,4)5)34-13-10-21-15(24)8-9-22-19(28)18(20)32-17(27)7-6-16(25)26/h18H,6-14H2,1-5H3,(H2-,21,22,24,25,26,28)/p+1/t18-,33?/m0/s1. The third-order valence-electron chi connectivity index (χ3n) is 4.67. The molecule has 0 aliphatic carbocycles. The van der Waals surface area contributed by atoms with Crippen LogP contribution in [0, 0.1) is 5.41 Å². The first kappa shape index (κ1) is 30.4. The van der Waals surface area contributed by atoms with E-state index < -0.39 is 49.0 Å². The maximum absolute atomic E-state index is 13.4. The Balaban J connectivity index is 3.06. The van der Waals surface area contributed by atoms with Gasteiger partial charge in [-0.25, -0.2) is 4.57 Å². The number of carboxylic acid groups (broad SMARTS) is 1. The van der Waals surface area contributed by atoms with E-state index in [-0.39, 0.29) is 44.4 Å². The second-order valence-electron chi connectivity index (χ2n) is 9.54. The molecule has 3 N–H and O–H groups in total. The summed E-state index contributed by atoms with van der Waals surface area (Å²) in [6.07, 6.45) is -2.23. The molecule has 1 unspecified atom stereocenters. The summed E-state index contributed by atoms with van der Waals surface area (Å²) in [6.45, 7) is 0.279. The van der Waals surface area contributed by atoms with Gasteiger partial charge in [-0.15, -0.1) is 0 Å². The van der Waals surface area contributed by atoms with Crippen molar-refractivity contribution in [1.82, 2.24) is 10.6 Å². The first-order valence-corrected chi connectivity index (χ1v) is 14.1. The monoisotopic (exact) mass is 526 g/mol. The van der Waals surface area contributed by atoms with Crippen molar-refractivity contribution < 1.29 is 47.1 Å². The lowest BCUT2D eigenvalue weighted by Gasteiger charge is -2.33. The molecule has 1 aliphatic heterocycles. The number of amides is 2. The Hall–Kier alpha value is -1.66. The molecule has 14 heteroatoms. The topological polar surface area (TPSA) is 157 Å². The number of ether oxygens (including phenoxy) is 1. The van der Waals surface area contributed by atoms with Gasteiger partial charge in [-0.05, 0) is 11.4 Å². The van der Waals surface area contributed by atoms with E-state index in [4.69, 9.17) is 18.9 Å². The van der Waals surface area contributed by atoms with E-state index in [1.54, 1.807) is 13.8 Å². The second kappa shape index (κ2) is 13.4. The van der Waals surface area contributed by atoms with Crippen LogP contribution in [-0.2, 0) is 37.5 Å². The molecule has 0 bridgehead atoms. The lowest BCUT2D eigenvalue weighted by atomic mass is 9.86. The molecule has 0 radical (unpaired) electrons. The molecular weight excluding hydrogens is 489 g/mol. The number of nitrogens with zero attached hydrogens (tertiary/aromatic N) is 1. The summed E-state index contributed by atoms with van der Waals surface area (Å²) in [7, 11) is 5.88. The minimum atomic E-state index is -3.68. The van der Waals surface area contributed by atoms with Gasteiger partial charge in [0.15, 0.2) is 6.10 Å². The quantitative estimate of drug-likeness (QED) is 0.237. The molecule has 1 saturated heterocycles. The normalized spacial score (nSPS) is 24.9. The number of esters is 1. The van der Waals surface area contributed by atoms with Crippen LogP contribution in [0.3, 0.4) is 0 Å². The molecule has 12 nitrogen and oxygen atoms in total. The predicted octanol–water partition coefficient (Wildman–Crippen LogP) is 1.01. The highest BCUT2D eigenvalue weighted by atomic mass is 32.7. The smallest absolute Gasteiger partial charge is 0.389 e. The van der Waals surface area contributed by atoms with Gasteiger partial charge in [-0.2, -0.15) is 0 Å². The first-order chi connectivity index (χ1) is 15.6. The van der Waals surface area contributed by atoms with Crippen molar-refractivity contribution in [2.45, 2.75) is 39.2 Å². The summed E-state index contributed by atoms with van der Waals surface area (Å²) < 4.78 is 30.6. The number of rotatable bonds is 8. The Morgan fingerprint density at radius 1 is 1.21 bits per heavy atom. The molecule has 2 atom stereocenters. The van der Waals surface area contributed by atoms with E-state index in [2.05, 4.69) is 10.6 Å². The van der Waals surface area contributed by atoms with Gasteiger partial charge in [0.05, 0.1) is 40.6 Å². The van der Waals surface area contributed by atoms with Gasteiger partial charge in [-0.3, -0.25) is 23.7 Å². The second-order valence-corrected chi connectivity index (χ2v) is 13.7. The van der Waals surface area contributed by atoms with E-state index in [0.717, 1.165) is 11.4 Å². The van der Waals surface area contributed by atoms with Crippen LogP contribution in [0.25, 0.3) is 0 Å². The van der Waals surface area contributed by atoms with E-state index in [0.29, 0.717) is 11.0 Å². The highest BCUT2D eigenvalue weighted by molar-refractivity contribution is 8.55. The van der Waals surface area contributed by atoms with Gasteiger partial charge < -0.3 is 29.5 Å². The minimum Gasteiger partial charge on any atom is -0.481 e. The molecule has 0 spiro atoms. The van der Waals surface area contributed by atoms with Crippen molar-refractivity contribution in [3.63, 3.8) is 0 Å². The number of carbonyl (C=O) groups is 4. The van der Waals surface area contributed by atoms with Crippen LogP contribution >= 0.6 is 18.2 Å². The first-order valence-electron chi connectivity index (χ1n) is 10.9. The number of aliphatic carboxylic acids is 1. The average Bonchev–Trinajstić information content (AvgIpc) is 2.70. The van der Waals surface area contributed by atoms with Gasteiger partial charge in [0.25, 0.3) is 5.91 Å². The average molecular weight is 527 g/mol. The summed E-state index contributed by atoms with van der Waals surface area (Å²) in [5, 5.41) is 14.0. The summed E-state index contributed by atoms with van der Waals surface area (Å²) in [5.74, 6) is -2.74. The van der Waals surface area contributed by atoms with Crippen molar-refractivity contribution in [3.05, 3.63) is 0 Å². The van der Waals surface area contributed by atoms with Crippen LogP contribution in [0.15, 0.2) is 0 Å². The zero-order chi connectivity index (χ0) is 26.0. The lowest BCUT2D eigenvalue weighted by Crippen LogP contribution is -2.49. The lowest BCUT2D eigenvalue weighted by molar-refractivity contribution is -0.870. The number of carbonyl (C=O) groups excluding carboxylic acids is 3. The van der Waals surface area contributed by atoms with E-state index in [1.165, 1.54) is 0 Å². The van der Waals surface area contributed by atoms with Crippen LogP contribution in [0.5, 0.6) is 0 Å². The van der Waals surface area contributed by atoms with Crippen LogP contribution in [0.4, 0.5) is 0 Å². The Morgan fingerprint density at radius 2 is 1.88 bits per heavy atom. The molecule has 1 fully saturated rings. The Bertz CT molecular complexity index is 786. The molecule has 1 aliphatic rings. The molecular formula is C20H37N3O9PS+. The van der Waals surface area contributed by atoms with Crippen molar-refractivity contribution in [1.29, 1.82) is 0 Å². The summed E-state index contributed by atoms with van der Waals surface area (Å²) in [6, 6.07) is 0. The third kappa shape index (κ3) is 12.2. The van der Waals surface area contributed by atoms with E-state index in [9.17, 15) is 23.7 Å². The highest BCUT2D eigenvalue weighted by Gasteiger charge is 2.41. The van der Waals surface area contributed by atoms with Gasteiger partial charge in [0, 0.05) is 30.7 Å². The molecule has 0 aromatic carbocycles. The Morgan fingerprint density at radius 3 is 2.50 bits per heavy atom. The van der Waals surface area contributed by atoms with Gasteiger partial charge >= 0.3 is 18.7 Å². The predicted molar refractivity (Wildman–Crippen MR) is 126 cm³/mol. The SMILES string of the molecule is CC1(C)COP(=O)(OCC[N+](C)(C)C)SCCNC(=O)CCNC(=O)[C@@H]1OC(=O)CCC(=O)O. The maximum Gasteiger partial charge on any atom is 0.389 e. The Kier molecular flexibility index (Phi) is 12.0. The molecule has 0 aromatic heterocycles. The summed E-state index contributed by atoms with van der Waals surface area (Å²) >= 11 is 0.947. The van der Waals surface area contributed by atoms with Crippen LogP contribution in [-0.4, -0.2) is 99.2 Å². The molecule has 0 saturated carbocycles.